The fourth-order valence-electron chi connectivity index (χ4n) is 2.04. The molecule has 2 aromatic carbocycles. The average molecular weight is 301 g/mol. The van der Waals surface area contributed by atoms with Gasteiger partial charge in [-0.1, -0.05) is 44.5 Å². The van der Waals surface area contributed by atoms with Crippen molar-refractivity contribution >= 4 is 0 Å². The summed E-state index contributed by atoms with van der Waals surface area (Å²) in [6.45, 7) is 6.25. The molecule has 0 aliphatic heterocycles. The number of nitrogens with two attached hydrogens (primary N) is 1. The molecule has 0 aliphatic carbocycles. The highest BCUT2D eigenvalue weighted by Gasteiger charge is 2.23. The summed E-state index contributed by atoms with van der Waals surface area (Å²) in [6, 6.07) is 15.6. The van der Waals surface area contributed by atoms with Gasteiger partial charge in [-0.25, -0.2) is 0 Å². The number of hydrogen-bond donors (Lipinski definition) is 1. The summed E-state index contributed by atoms with van der Waals surface area (Å²) in [5.74, 6) is 1.66. The molecule has 3 heteroatoms. The van der Waals surface area contributed by atoms with E-state index in [2.05, 4.69) is 13.8 Å². The molecule has 0 aliphatic rings. The Morgan fingerprint density at radius 2 is 1.05 bits per heavy atom. The zero-order chi connectivity index (χ0) is 16.6. The molecule has 2 rings (SSSR count). The van der Waals surface area contributed by atoms with Crippen molar-refractivity contribution in [2.75, 3.05) is 14.2 Å². The van der Waals surface area contributed by atoms with Crippen molar-refractivity contribution in [1.82, 2.24) is 0 Å². The van der Waals surface area contributed by atoms with Gasteiger partial charge in [-0.2, -0.15) is 0 Å². The van der Waals surface area contributed by atoms with Crippen molar-refractivity contribution in [2.24, 2.45) is 5.73 Å². The molecule has 2 N–H and O–H groups in total. The fraction of sp³-hybridized carbons (Fsp3) is 0.368. The van der Waals surface area contributed by atoms with Gasteiger partial charge in [-0.3, -0.25) is 0 Å². The van der Waals surface area contributed by atoms with E-state index < -0.39 is 5.54 Å². The molecule has 22 heavy (non-hydrogen) atoms. The molecule has 0 aromatic heterocycles. The van der Waals surface area contributed by atoms with Crippen LogP contribution in [0.3, 0.4) is 0 Å². The highest BCUT2D eigenvalue weighted by Crippen LogP contribution is 2.29. The number of benzene rings is 2. The Morgan fingerprint density at radius 1 is 0.773 bits per heavy atom. The second-order valence-electron chi connectivity index (χ2n) is 5.37. The SMILES string of the molecule is CCC.COc1ccc(C(C)(N)c2ccc(OC)cc2)cc1. The summed E-state index contributed by atoms with van der Waals surface area (Å²) in [5.41, 5.74) is 8.00. The summed E-state index contributed by atoms with van der Waals surface area (Å²) in [4.78, 5) is 0. The molecule has 0 saturated heterocycles. The van der Waals surface area contributed by atoms with Crippen LogP contribution in [0, 0.1) is 0 Å². The van der Waals surface area contributed by atoms with E-state index >= 15 is 0 Å². The Kier molecular flexibility index (Phi) is 6.93. The fourth-order valence-corrected chi connectivity index (χ4v) is 2.04. The molecule has 0 bridgehead atoms. The van der Waals surface area contributed by atoms with Crippen LogP contribution in [0.4, 0.5) is 0 Å². The van der Waals surface area contributed by atoms with E-state index in [0.29, 0.717) is 0 Å². The van der Waals surface area contributed by atoms with Gasteiger partial charge < -0.3 is 15.2 Å². The molecule has 0 radical (unpaired) electrons. The van der Waals surface area contributed by atoms with Crippen molar-refractivity contribution in [2.45, 2.75) is 32.7 Å². The first-order chi connectivity index (χ1) is 10.5. The second-order valence-corrected chi connectivity index (χ2v) is 5.37. The van der Waals surface area contributed by atoms with Gasteiger partial charge in [0.1, 0.15) is 11.5 Å². The first-order valence-electron chi connectivity index (χ1n) is 7.57. The average Bonchev–Trinajstić information content (AvgIpc) is 2.55. The number of ether oxygens (including phenoxy) is 2. The number of rotatable bonds is 4. The van der Waals surface area contributed by atoms with Gasteiger partial charge in [0, 0.05) is 0 Å². The minimum absolute atomic E-state index is 0.543. The molecule has 0 heterocycles. The zero-order valence-corrected chi connectivity index (χ0v) is 14.2. The van der Waals surface area contributed by atoms with E-state index in [0.717, 1.165) is 22.6 Å². The molecule has 0 amide bonds. The maximum absolute atomic E-state index is 6.46. The van der Waals surface area contributed by atoms with Crippen LogP contribution < -0.4 is 15.2 Å². The van der Waals surface area contributed by atoms with E-state index in [1.165, 1.54) is 6.42 Å². The van der Waals surface area contributed by atoms with Gasteiger partial charge >= 0.3 is 0 Å². The smallest absolute Gasteiger partial charge is 0.118 e. The highest BCUT2D eigenvalue weighted by molar-refractivity contribution is 5.41. The number of hydrogen-bond acceptors (Lipinski definition) is 3. The van der Waals surface area contributed by atoms with Crippen LogP contribution in [-0.2, 0) is 5.54 Å². The van der Waals surface area contributed by atoms with E-state index in [1.807, 2.05) is 55.5 Å². The van der Waals surface area contributed by atoms with Gasteiger partial charge in [-0.05, 0) is 42.3 Å². The van der Waals surface area contributed by atoms with Crippen LogP contribution in [-0.4, -0.2) is 14.2 Å². The molecule has 0 spiro atoms. The highest BCUT2D eigenvalue weighted by atomic mass is 16.5. The van der Waals surface area contributed by atoms with Crippen molar-refractivity contribution in [3.63, 3.8) is 0 Å². The molecule has 0 atom stereocenters. The third kappa shape index (κ3) is 4.50. The maximum Gasteiger partial charge on any atom is 0.118 e. The topological polar surface area (TPSA) is 44.5 Å². The van der Waals surface area contributed by atoms with Crippen molar-refractivity contribution < 1.29 is 9.47 Å². The summed E-state index contributed by atoms with van der Waals surface area (Å²) in [7, 11) is 3.31. The summed E-state index contributed by atoms with van der Waals surface area (Å²) in [5, 5.41) is 0. The van der Waals surface area contributed by atoms with E-state index in [4.69, 9.17) is 15.2 Å². The van der Waals surface area contributed by atoms with Crippen LogP contribution in [0.5, 0.6) is 11.5 Å². The monoisotopic (exact) mass is 301 g/mol. The first kappa shape index (κ1) is 18.1. The van der Waals surface area contributed by atoms with Gasteiger partial charge in [0.05, 0.1) is 19.8 Å². The lowest BCUT2D eigenvalue weighted by Crippen LogP contribution is -2.34. The summed E-state index contributed by atoms with van der Waals surface area (Å²) in [6.07, 6.45) is 1.25. The van der Waals surface area contributed by atoms with Crippen LogP contribution in [0.15, 0.2) is 48.5 Å². The quantitative estimate of drug-likeness (QED) is 0.913. The predicted molar refractivity (Wildman–Crippen MR) is 92.6 cm³/mol. The zero-order valence-electron chi connectivity index (χ0n) is 14.2. The molecule has 3 nitrogen and oxygen atoms in total. The molecule has 0 saturated carbocycles. The van der Waals surface area contributed by atoms with Crippen LogP contribution in [0.25, 0.3) is 0 Å². The van der Waals surface area contributed by atoms with Crippen LogP contribution in [0.1, 0.15) is 38.3 Å². The lowest BCUT2D eigenvalue weighted by atomic mass is 9.86. The Balaban J connectivity index is 0.000000745. The first-order valence-corrected chi connectivity index (χ1v) is 7.57. The third-order valence-corrected chi connectivity index (χ3v) is 3.38. The molecular formula is C19H27NO2. The van der Waals surface area contributed by atoms with Gasteiger partial charge in [-0.15, -0.1) is 0 Å². The molecule has 120 valence electrons. The molecular weight excluding hydrogens is 274 g/mol. The normalized spacial score (nSPS) is 10.5. The van der Waals surface area contributed by atoms with Crippen molar-refractivity contribution in [3.8, 4) is 11.5 Å². The molecule has 0 unspecified atom stereocenters. The predicted octanol–water partition coefficient (Wildman–Crippen LogP) is 4.34. The minimum atomic E-state index is -0.543. The Labute approximate surface area is 134 Å². The standard InChI is InChI=1S/C16H19NO2.C3H8/c1-16(17,12-4-8-14(18-2)9-5-12)13-6-10-15(19-3)11-7-13;1-3-2/h4-11H,17H2,1-3H3;3H2,1-2H3. The molecule has 2 aromatic rings. The summed E-state index contributed by atoms with van der Waals surface area (Å²) < 4.78 is 10.3. The van der Waals surface area contributed by atoms with Crippen molar-refractivity contribution in [3.05, 3.63) is 59.7 Å². The summed E-state index contributed by atoms with van der Waals surface area (Å²) >= 11 is 0. The Bertz CT molecular complexity index is 495. The van der Waals surface area contributed by atoms with Crippen LogP contribution >= 0.6 is 0 Å². The Morgan fingerprint density at radius 3 is 1.27 bits per heavy atom. The van der Waals surface area contributed by atoms with E-state index in [1.54, 1.807) is 14.2 Å². The van der Waals surface area contributed by atoms with Crippen molar-refractivity contribution in [1.29, 1.82) is 0 Å². The Hall–Kier alpha value is -2.00. The maximum atomic E-state index is 6.46. The van der Waals surface area contributed by atoms with Gasteiger partial charge in [0.25, 0.3) is 0 Å². The molecule has 0 fully saturated rings. The third-order valence-electron chi connectivity index (χ3n) is 3.38. The minimum Gasteiger partial charge on any atom is -0.497 e. The number of methoxy groups -OCH3 is 2. The largest absolute Gasteiger partial charge is 0.497 e. The lowest BCUT2D eigenvalue weighted by molar-refractivity contribution is 0.413. The van der Waals surface area contributed by atoms with E-state index in [-0.39, 0.29) is 0 Å². The lowest BCUT2D eigenvalue weighted by Gasteiger charge is -2.26. The van der Waals surface area contributed by atoms with Gasteiger partial charge in [0.15, 0.2) is 0 Å². The van der Waals surface area contributed by atoms with Crippen LogP contribution in [0.2, 0.25) is 0 Å². The van der Waals surface area contributed by atoms with Gasteiger partial charge in [0.2, 0.25) is 0 Å². The second kappa shape index (κ2) is 8.44. The van der Waals surface area contributed by atoms with E-state index in [9.17, 15) is 0 Å².